The summed E-state index contributed by atoms with van der Waals surface area (Å²) in [6.07, 6.45) is -1.24. The van der Waals surface area contributed by atoms with Crippen molar-refractivity contribution >= 4 is 11.7 Å². The topological polar surface area (TPSA) is 75.4 Å². The Morgan fingerprint density at radius 2 is 1.94 bits per heavy atom. The molecule has 1 atom stereocenters. The largest absolute Gasteiger partial charge is 0.433 e. The minimum Gasteiger partial charge on any atom is -0.348 e. The summed E-state index contributed by atoms with van der Waals surface area (Å²) in [6.45, 7) is 6.05. The zero-order valence-electron chi connectivity index (χ0n) is 18.0. The van der Waals surface area contributed by atoms with Crippen LogP contribution >= 0.6 is 0 Å². The summed E-state index contributed by atoms with van der Waals surface area (Å²) in [5, 5.41) is 6.52. The number of rotatable bonds is 5. The molecule has 1 aromatic carbocycles. The second-order valence-corrected chi connectivity index (χ2v) is 8.17. The highest BCUT2D eigenvalue weighted by Crippen LogP contribution is 2.32. The molecule has 0 aliphatic carbocycles. The average Bonchev–Trinajstić information content (AvgIpc) is 3.18. The summed E-state index contributed by atoms with van der Waals surface area (Å²) < 4.78 is 41.7. The molecule has 170 valence electrons. The zero-order valence-corrected chi connectivity index (χ0v) is 18.0. The van der Waals surface area contributed by atoms with Gasteiger partial charge in [0.15, 0.2) is 5.69 Å². The van der Waals surface area contributed by atoms with E-state index in [9.17, 15) is 18.0 Å². The number of nitrogens with zero attached hydrogens (tertiary/aromatic N) is 5. The van der Waals surface area contributed by atoms with Gasteiger partial charge in [-0.25, -0.2) is 4.98 Å². The third-order valence-corrected chi connectivity index (χ3v) is 5.78. The number of halogens is 3. The average molecular weight is 446 g/mol. The van der Waals surface area contributed by atoms with Crippen molar-refractivity contribution in [3.63, 3.8) is 0 Å². The van der Waals surface area contributed by atoms with Gasteiger partial charge in [0.05, 0.1) is 5.69 Å². The molecule has 2 aromatic heterocycles. The summed E-state index contributed by atoms with van der Waals surface area (Å²) in [5.41, 5.74) is 0.578. The van der Waals surface area contributed by atoms with Crippen LogP contribution in [0.2, 0.25) is 0 Å². The zero-order chi connectivity index (χ0) is 22.9. The molecule has 10 heteroatoms. The fourth-order valence-corrected chi connectivity index (χ4v) is 3.92. The van der Waals surface area contributed by atoms with E-state index in [1.54, 1.807) is 24.3 Å². The van der Waals surface area contributed by atoms with E-state index < -0.39 is 17.8 Å². The quantitative estimate of drug-likeness (QED) is 0.647. The maximum Gasteiger partial charge on any atom is 0.433 e. The first-order chi connectivity index (χ1) is 15.2. The van der Waals surface area contributed by atoms with Gasteiger partial charge in [-0.3, -0.25) is 9.69 Å². The van der Waals surface area contributed by atoms with E-state index in [0.29, 0.717) is 29.2 Å². The number of carbonyl (C=O) groups is 1. The monoisotopic (exact) mass is 446 g/mol. The van der Waals surface area contributed by atoms with Crippen molar-refractivity contribution in [2.75, 3.05) is 19.6 Å². The molecule has 0 unspecified atom stereocenters. The van der Waals surface area contributed by atoms with E-state index >= 15 is 0 Å². The minimum atomic E-state index is -4.69. The van der Waals surface area contributed by atoms with Gasteiger partial charge >= 0.3 is 6.18 Å². The first-order valence-electron chi connectivity index (χ1n) is 10.7. The third-order valence-electron chi connectivity index (χ3n) is 5.78. The Bertz CT molecular complexity index is 1110. The number of nitrogens with one attached hydrogen (secondary N) is 1. The first kappa shape index (κ1) is 22.2. The van der Waals surface area contributed by atoms with Crippen LogP contribution in [0.15, 0.2) is 30.3 Å². The molecular weight excluding hydrogens is 421 g/mol. The molecule has 32 heavy (non-hydrogen) atoms. The molecule has 1 saturated heterocycles. The SMILES string of the molecule is Cc1ccc(-c2cc(C(F)(F)F)n3nc(C(=O)NCCN4CCCC[C@H]4C)nc3n2)cc1. The van der Waals surface area contributed by atoms with E-state index in [2.05, 4.69) is 32.2 Å². The van der Waals surface area contributed by atoms with Crippen molar-refractivity contribution in [2.45, 2.75) is 45.3 Å². The van der Waals surface area contributed by atoms with Gasteiger partial charge in [0.1, 0.15) is 0 Å². The molecule has 0 spiro atoms. The number of carbonyl (C=O) groups excluding carboxylic acids is 1. The third kappa shape index (κ3) is 4.74. The van der Waals surface area contributed by atoms with Gasteiger partial charge in [0.25, 0.3) is 11.7 Å². The highest BCUT2D eigenvalue weighted by Gasteiger charge is 2.36. The smallest absolute Gasteiger partial charge is 0.348 e. The summed E-state index contributed by atoms with van der Waals surface area (Å²) in [6, 6.07) is 8.35. The summed E-state index contributed by atoms with van der Waals surface area (Å²) in [7, 11) is 0. The number of benzene rings is 1. The molecule has 1 amide bonds. The predicted molar refractivity (Wildman–Crippen MR) is 113 cm³/mol. The van der Waals surface area contributed by atoms with Gasteiger partial charge in [-0.05, 0) is 39.3 Å². The molecule has 0 radical (unpaired) electrons. The van der Waals surface area contributed by atoms with Crippen LogP contribution in [0.25, 0.3) is 17.0 Å². The molecule has 3 heterocycles. The van der Waals surface area contributed by atoms with E-state index in [1.807, 2.05) is 6.92 Å². The second-order valence-electron chi connectivity index (χ2n) is 8.17. The van der Waals surface area contributed by atoms with Crippen LogP contribution in [-0.4, -0.2) is 56.1 Å². The van der Waals surface area contributed by atoms with Crippen molar-refractivity contribution in [2.24, 2.45) is 0 Å². The molecule has 4 rings (SSSR count). The minimum absolute atomic E-state index is 0.114. The molecule has 0 saturated carbocycles. The molecule has 1 fully saturated rings. The Morgan fingerprint density at radius 1 is 1.19 bits per heavy atom. The molecule has 3 aromatic rings. The van der Waals surface area contributed by atoms with Crippen molar-refractivity contribution in [1.29, 1.82) is 0 Å². The number of hydrogen-bond donors (Lipinski definition) is 1. The Labute approximate surface area is 183 Å². The molecular formula is C22H25F3N6O. The van der Waals surface area contributed by atoms with Gasteiger partial charge in [-0.1, -0.05) is 36.2 Å². The lowest BCUT2D eigenvalue weighted by atomic mass is 10.0. The van der Waals surface area contributed by atoms with E-state index in [0.717, 1.165) is 31.0 Å². The maximum absolute atomic E-state index is 13.7. The Morgan fingerprint density at radius 3 is 2.62 bits per heavy atom. The summed E-state index contributed by atoms with van der Waals surface area (Å²) >= 11 is 0. The lowest BCUT2D eigenvalue weighted by molar-refractivity contribution is -0.142. The lowest BCUT2D eigenvalue weighted by Gasteiger charge is -2.33. The first-order valence-corrected chi connectivity index (χ1v) is 10.7. The highest BCUT2D eigenvalue weighted by atomic mass is 19.4. The molecule has 1 aliphatic heterocycles. The molecule has 0 bridgehead atoms. The van der Waals surface area contributed by atoms with E-state index in [4.69, 9.17) is 0 Å². The van der Waals surface area contributed by atoms with Crippen molar-refractivity contribution < 1.29 is 18.0 Å². The number of likely N-dealkylation sites (tertiary alicyclic amines) is 1. The summed E-state index contributed by atoms with van der Waals surface area (Å²) in [4.78, 5) is 23.0. The Hall–Kier alpha value is -3.01. The number of aromatic nitrogens is 4. The van der Waals surface area contributed by atoms with Crippen LogP contribution in [0.5, 0.6) is 0 Å². The standard InChI is InChI=1S/C22H25F3N6O/c1-14-6-8-16(9-7-14)17-13-18(22(23,24)25)31-21(27-17)28-19(29-31)20(32)26-10-12-30-11-4-3-5-15(30)2/h6-9,13,15H,3-5,10-12H2,1-2H3,(H,26,32)/t15-/m1/s1. The molecule has 1 aliphatic rings. The number of fused-ring (bicyclic) bond motifs is 1. The van der Waals surface area contributed by atoms with Gasteiger partial charge in [0, 0.05) is 24.7 Å². The molecule has 7 nitrogen and oxygen atoms in total. The van der Waals surface area contributed by atoms with Crippen LogP contribution in [0, 0.1) is 6.92 Å². The van der Waals surface area contributed by atoms with Crippen molar-refractivity contribution in [3.8, 4) is 11.3 Å². The van der Waals surface area contributed by atoms with Gasteiger partial charge < -0.3 is 5.32 Å². The van der Waals surface area contributed by atoms with Gasteiger partial charge in [-0.2, -0.15) is 22.7 Å². The second kappa shape index (κ2) is 8.85. The maximum atomic E-state index is 13.7. The van der Waals surface area contributed by atoms with Crippen LogP contribution in [0.3, 0.4) is 0 Å². The van der Waals surface area contributed by atoms with Crippen LogP contribution in [0.1, 0.15) is 48.1 Å². The van der Waals surface area contributed by atoms with Crippen LogP contribution in [0.4, 0.5) is 13.2 Å². The van der Waals surface area contributed by atoms with Gasteiger partial charge in [0.2, 0.25) is 5.82 Å². The fourth-order valence-electron chi connectivity index (χ4n) is 3.92. The number of amides is 1. The number of piperidine rings is 1. The normalized spacial score (nSPS) is 17.6. The van der Waals surface area contributed by atoms with Crippen LogP contribution < -0.4 is 5.32 Å². The van der Waals surface area contributed by atoms with E-state index in [-0.39, 0.29) is 17.3 Å². The lowest BCUT2D eigenvalue weighted by Crippen LogP contribution is -2.42. The van der Waals surface area contributed by atoms with Crippen molar-refractivity contribution in [1.82, 2.24) is 29.8 Å². The van der Waals surface area contributed by atoms with Crippen LogP contribution in [-0.2, 0) is 6.18 Å². The Balaban J connectivity index is 1.58. The summed E-state index contributed by atoms with van der Waals surface area (Å²) in [5.74, 6) is -1.23. The van der Waals surface area contributed by atoms with E-state index in [1.165, 1.54) is 6.42 Å². The highest BCUT2D eigenvalue weighted by molar-refractivity contribution is 5.90. The predicted octanol–water partition coefficient (Wildman–Crippen LogP) is 3.72. The van der Waals surface area contributed by atoms with Crippen molar-refractivity contribution in [3.05, 3.63) is 47.4 Å². The fraction of sp³-hybridized carbons (Fsp3) is 0.455. The number of hydrogen-bond acceptors (Lipinski definition) is 5. The van der Waals surface area contributed by atoms with Gasteiger partial charge in [-0.15, -0.1) is 5.10 Å². The Kier molecular flexibility index (Phi) is 6.14. The number of alkyl halides is 3. The molecule has 1 N–H and O–H groups in total. The number of aryl methyl sites for hydroxylation is 1.